The van der Waals surface area contributed by atoms with E-state index in [0.29, 0.717) is 0 Å². The van der Waals surface area contributed by atoms with Crippen LogP contribution in [0.2, 0.25) is 0 Å². The Kier molecular flexibility index (Phi) is 4.32. The van der Waals surface area contributed by atoms with Crippen molar-refractivity contribution in [1.82, 2.24) is 5.32 Å². The van der Waals surface area contributed by atoms with Crippen LogP contribution in [0.1, 0.15) is 63.3 Å². The van der Waals surface area contributed by atoms with Crippen molar-refractivity contribution in [2.75, 3.05) is 0 Å². The largest absolute Gasteiger partial charge is 0.387 e. The molecule has 0 aromatic heterocycles. The van der Waals surface area contributed by atoms with Gasteiger partial charge < -0.3 is 10.4 Å². The summed E-state index contributed by atoms with van der Waals surface area (Å²) in [4.78, 5) is 0. The maximum atomic E-state index is 10.5. The number of aliphatic hydroxyl groups excluding tert-OH is 1. The summed E-state index contributed by atoms with van der Waals surface area (Å²) in [6.45, 7) is 8.44. The highest BCUT2D eigenvalue weighted by atomic mass is 16.3. The topological polar surface area (TPSA) is 32.3 Å². The van der Waals surface area contributed by atoms with Crippen molar-refractivity contribution in [3.8, 4) is 0 Å². The van der Waals surface area contributed by atoms with Gasteiger partial charge >= 0.3 is 0 Å². The lowest BCUT2D eigenvalue weighted by molar-refractivity contribution is 0.121. The van der Waals surface area contributed by atoms with E-state index in [9.17, 15) is 5.11 Å². The minimum atomic E-state index is -0.438. The van der Waals surface area contributed by atoms with Crippen LogP contribution in [0.4, 0.5) is 0 Å². The SMILES string of the molecule is CC(NC(C)(C)C)C(O)c1ccc2c(c1)CCCC2. The van der Waals surface area contributed by atoms with Crippen molar-refractivity contribution in [3.63, 3.8) is 0 Å². The van der Waals surface area contributed by atoms with Gasteiger partial charge in [-0.05, 0) is 70.1 Å². The van der Waals surface area contributed by atoms with Crippen LogP contribution in [0.3, 0.4) is 0 Å². The van der Waals surface area contributed by atoms with E-state index in [1.54, 1.807) is 0 Å². The molecule has 0 bridgehead atoms. The number of benzene rings is 1. The van der Waals surface area contributed by atoms with Gasteiger partial charge in [0.25, 0.3) is 0 Å². The van der Waals surface area contributed by atoms with Crippen molar-refractivity contribution < 1.29 is 5.11 Å². The van der Waals surface area contributed by atoms with Crippen LogP contribution < -0.4 is 5.32 Å². The third kappa shape index (κ3) is 3.80. The van der Waals surface area contributed by atoms with E-state index in [4.69, 9.17) is 0 Å². The van der Waals surface area contributed by atoms with Gasteiger partial charge in [-0.3, -0.25) is 0 Å². The molecule has 0 heterocycles. The van der Waals surface area contributed by atoms with Crippen LogP contribution in [-0.2, 0) is 12.8 Å². The maximum Gasteiger partial charge on any atom is 0.0940 e. The lowest BCUT2D eigenvalue weighted by Gasteiger charge is -2.30. The fourth-order valence-electron chi connectivity index (χ4n) is 2.99. The van der Waals surface area contributed by atoms with Gasteiger partial charge in [0.15, 0.2) is 0 Å². The molecule has 106 valence electrons. The van der Waals surface area contributed by atoms with Crippen molar-refractivity contribution in [2.24, 2.45) is 0 Å². The Morgan fingerprint density at radius 3 is 2.37 bits per heavy atom. The van der Waals surface area contributed by atoms with E-state index < -0.39 is 6.10 Å². The summed E-state index contributed by atoms with van der Waals surface area (Å²) in [6, 6.07) is 6.56. The number of nitrogens with one attached hydrogen (secondary N) is 1. The predicted octanol–water partition coefficient (Wildman–Crippen LogP) is 3.38. The molecule has 0 saturated carbocycles. The van der Waals surface area contributed by atoms with E-state index in [-0.39, 0.29) is 11.6 Å². The Morgan fingerprint density at radius 2 is 1.74 bits per heavy atom. The summed E-state index contributed by atoms with van der Waals surface area (Å²) in [5, 5.41) is 13.9. The molecule has 1 aliphatic carbocycles. The third-order valence-electron chi connectivity index (χ3n) is 3.85. The van der Waals surface area contributed by atoms with Crippen LogP contribution in [-0.4, -0.2) is 16.7 Å². The van der Waals surface area contributed by atoms with Crippen LogP contribution >= 0.6 is 0 Å². The zero-order chi connectivity index (χ0) is 14.0. The molecule has 0 amide bonds. The van der Waals surface area contributed by atoms with E-state index in [0.717, 1.165) is 12.0 Å². The summed E-state index contributed by atoms with van der Waals surface area (Å²) in [7, 11) is 0. The van der Waals surface area contributed by atoms with E-state index >= 15 is 0 Å². The minimum absolute atomic E-state index is 0.0224. The number of hydrogen-bond acceptors (Lipinski definition) is 2. The predicted molar refractivity (Wildman–Crippen MR) is 80.4 cm³/mol. The fourth-order valence-corrected chi connectivity index (χ4v) is 2.99. The second kappa shape index (κ2) is 5.64. The molecule has 2 unspecified atom stereocenters. The normalized spacial score (nSPS) is 18.8. The smallest absolute Gasteiger partial charge is 0.0940 e. The molecule has 0 saturated heterocycles. The Hall–Kier alpha value is -0.860. The molecular formula is C17H27NO. The third-order valence-corrected chi connectivity index (χ3v) is 3.85. The fraction of sp³-hybridized carbons (Fsp3) is 0.647. The highest BCUT2D eigenvalue weighted by molar-refractivity contribution is 5.35. The average molecular weight is 261 g/mol. The summed E-state index contributed by atoms with van der Waals surface area (Å²) < 4.78 is 0. The van der Waals surface area contributed by atoms with Gasteiger partial charge in [0, 0.05) is 11.6 Å². The lowest BCUT2D eigenvalue weighted by Crippen LogP contribution is -2.45. The van der Waals surface area contributed by atoms with Crippen molar-refractivity contribution in [2.45, 2.75) is 71.1 Å². The quantitative estimate of drug-likeness (QED) is 0.874. The van der Waals surface area contributed by atoms with Crippen molar-refractivity contribution in [3.05, 3.63) is 34.9 Å². The molecule has 2 atom stereocenters. The first-order valence-corrected chi connectivity index (χ1v) is 7.44. The molecule has 2 nitrogen and oxygen atoms in total. The Labute approximate surface area is 117 Å². The van der Waals surface area contributed by atoms with Gasteiger partial charge in [0.2, 0.25) is 0 Å². The second-order valence-electron chi connectivity index (χ2n) is 6.86. The molecule has 0 radical (unpaired) electrons. The van der Waals surface area contributed by atoms with Gasteiger partial charge in [0.1, 0.15) is 0 Å². The lowest BCUT2D eigenvalue weighted by atomic mass is 9.88. The number of aliphatic hydroxyl groups is 1. The van der Waals surface area contributed by atoms with E-state index in [2.05, 4.69) is 51.2 Å². The molecule has 2 N–H and O–H groups in total. The minimum Gasteiger partial charge on any atom is -0.387 e. The monoisotopic (exact) mass is 261 g/mol. The molecule has 1 aliphatic rings. The molecule has 0 fully saturated rings. The van der Waals surface area contributed by atoms with Gasteiger partial charge in [-0.1, -0.05) is 18.2 Å². The van der Waals surface area contributed by atoms with Crippen LogP contribution in [0.5, 0.6) is 0 Å². The molecule has 1 aromatic rings. The van der Waals surface area contributed by atoms with Crippen LogP contribution in [0.25, 0.3) is 0 Å². The summed E-state index contributed by atoms with van der Waals surface area (Å²) in [6.07, 6.45) is 4.50. The molecule has 2 heteroatoms. The first-order valence-electron chi connectivity index (χ1n) is 7.44. The zero-order valence-corrected chi connectivity index (χ0v) is 12.7. The highest BCUT2D eigenvalue weighted by Gasteiger charge is 2.22. The molecule has 1 aromatic carbocycles. The Morgan fingerprint density at radius 1 is 1.11 bits per heavy atom. The van der Waals surface area contributed by atoms with E-state index in [1.807, 2.05) is 0 Å². The van der Waals surface area contributed by atoms with Gasteiger partial charge in [0.05, 0.1) is 6.10 Å². The molecular weight excluding hydrogens is 234 g/mol. The van der Waals surface area contributed by atoms with E-state index in [1.165, 1.54) is 30.4 Å². The standard InChI is InChI=1S/C17H27NO/c1-12(18-17(2,3)4)16(19)15-10-9-13-7-5-6-8-14(13)11-15/h9-12,16,18-19H,5-8H2,1-4H3. The van der Waals surface area contributed by atoms with Crippen LogP contribution in [0.15, 0.2) is 18.2 Å². The maximum absolute atomic E-state index is 10.5. The Bertz CT molecular complexity index is 433. The molecule has 19 heavy (non-hydrogen) atoms. The highest BCUT2D eigenvalue weighted by Crippen LogP contribution is 2.26. The molecule has 0 spiro atoms. The average Bonchev–Trinajstić information content (AvgIpc) is 2.35. The van der Waals surface area contributed by atoms with Gasteiger partial charge in [-0.2, -0.15) is 0 Å². The Balaban J connectivity index is 2.12. The number of aryl methyl sites for hydroxylation is 2. The molecule has 2 rings (SSSR count). The first-order chi connectivity index (χ1) is 8.87. The second-order valence-corrected chi connectivity index (χ2v) is 6.86. The van der Waals surface area contributed by atoms with Crippen molar-refractivity contribution >= 4 is 0 Å². The van der Waals surface area contributed by atoms with Gasteiger partial charge in [-0.15, -0.1) is 0 Å². The zero-order valence-electron chi connectivity index (χ0n) is 12.7. The van der Waals surface area contributed by atoms with Crippen LogP contribution in [0, 0.1) is 0 Å². The van der Waals surface area contributed by atoms with Crippen molar-refractivity contribution in [1.29, 1.82) is 0 Å². The number of hydrogen-bond donors (Lipinski definition) is 2. The summed E-state index contributed by atoms with van der Waals surface area (Å²) in [5.41, 5.74) is 3.98. The summed E-state index contributed by atoms with van der Waals surface area (Å²) >= 11 is 0. The van der Waals surface area contributed by atoms with Gasteiger partial charge in [-0.25, -0.2) is 0 Å². The molecule has 0 aliphatic heterocycles. The first kappa shape index (κ1) is 14.5. The number of fused-ring (bicyclic) bond motifs is 1. The number of rotatable bonds is 3. The summed E-state index contributed by atoms with van der Waals surface area (Å²) in [5.74, 6) is 0.